The first-order valence-corrected chi connectivity index (χ1v) is 8.70. The summed E-state index contributed by atoms with van der Waals surface area (Å²) in [5.74, 6) is -1.01. The van der Waals surface area contributed by atoms with Crippen LogP contribution in [0, 0.1) is 6.92 Å². The topological polar surface area (TPSA) is 109 Å². The number of primary amides is 1. The second-order valence-electron chi connectivity index (χ2n) is 6.98. The molecule has 1 unspecified atom stereocenters. The maximum Gasteiger partial charge on any atom is 0.274 e. The number of aryl methyl sites for hydroxylation is 1. The summed E-state index contributed by atoms with van der Waals surface area (Å²) in [6.07, 6.45) is 3.49. The lowest BCUT2D eigenvalue weighted by atomic mass is 9.81. The molecule has 2 N–H and O–H groups in total. The highest BCUT2D eigenvalue weighted by molar-refractivity contribution is 6.11. The van der Waals surface area contributed by atoms with E-state index in [1.807, 2.05) is 18.2 Å². The van der Waals surface area contributed by atoms with Gasteiger partial charge in [0.2, 0.25) is 11.8 Å². The van der Waals surface area contributed by atoms with Crippen LogP contribution >= 0.6 is 0 Å². The predicted molar refractivity (Wildman–Crippen MR) is 97.0 cm³/mol. The molecule has 1 spiro atoms. The van der Waals surface area contributed by atoms with Crippen molar-refractivity contribution in [1.29, 1.82) is 0 Å². The fourth-order valence-corrected chi connectivity index (χ4v) is 3.95. The number of carbonyl (C=O) groups excluding carboxylic acids is 3. The van der Waals surface area contributed by atoms with Crippen molar-refractivity contribution in [3.05, 3.63) is 53.6 Å². The average Bonchev–Trinajstić information content (AvgIpc) is 3.20. The number of nitrogens with two attached hydrogens (primary N) is 1. The van der Waals surface area contributed by atoms with Crippen molar-refractivity contribution >= 4 is 23.4 Å². The lowest BCUT2D eigenvalue weighted by Crippen LogP contribution is -2.45. The predicted octanol–water partition coefficient (Wildman–Crippen LogP) is 0.401. The minimum absolute atomic E-state index is 0.172. The summed E-state index contributed by atoms with van der Waals surface area (Å²) >= 11 is 0. The van der Waals surface area contributed by atoms with Gasteiger partial charge in [0.25, 0.3) is 5.91 Å². The molecule has 2 aromatic rings. The van der Waals surface area contributed by atoms with Gasteiger partial charge in [-0.25, -0.2) is 4.98 Å². The Labute approximate surface area is 156 Å². The number of benzene rings is 1. The Morgan fingerprint density at radius 1 is 1.22 bits per heavy atom. The SMILES string of the molecule is Cc1cnc(C(=O)N2CCC3(C2)C(=O)N(CC(N)=O)c2ccccc23)cn1. The first kappa shape index (κ1) is 17.1. The molecule has 2 aliphatic rings. The Morgan fingerprint density at radius 2 is 2.00 bits per heavy atom. The normalized spacial score (nSPS) is 21.0. The third-order valence-electron chi connectivity index (χ3n) is 5.24. The highest BCUT2D eigenvalue weighted by atomic mass is 16.2. The molecule has 3 heterocycles. The Kier molecular flexibility index (Phi) is 3.91. The van der Waals surface area contributed by atoms with Gasteiger partial charge in [0.05, 0.1) is 17.3 Å². The number of likely N-dealkylation sites (tertiary alicyclic amines) is 1. The van der Waals surface area contributed by atoms with Crippen molar-refractivity contribution in [2.45, 2.75) is 18.8 Å². The second kappa shape index (κ2) is 6.15. The van der Waals surface area contributed by atoms with Crippen molar-refractivity contribution < 1.29 is 14.4 Å². The van der Waals surface area contributed by atoms with E-state index in [9.17, 15) is 14.4 Å². The molecule has 3 amide bonds. The van der Waals surface area contributed by atoms with Gasteiger partial charge in [0.1, 0.15) is 12.2 Å². The van der Waals surface area contributed by atoms with Gasteiger partial charge < -0.3 is 15.5 Å². The summed E-state index contributed by atoms with van der Waals surface area (Å²) in [5, 5.41) is 0. The molecule has 1 aromatic carbocycles. The van der Waals surface area contributed by atoms with Crippen molar-refractivity contribution in [1.82, 2.24) is 14.9 Å². The maximum absolute atomic E-state index is 13.2. The summed E-state index contributed by atoms with van der Waals surface area (Å²) in [5.41, 5.74) is 6.99. The van der Waals surface area contributed by atoms with Crippen LogP contribution in [-0.4, -0.2) is 52.2 Å². The molecule has 2 aliphatic heterocycles. The molecule has 0 saturated carbocycles. The zero-order chi connectivity index (χ0) is 19.2. The van der Waals surface area contributed by atoms with Gasteiger partial charge in [-0.1, -0.05) is 18.2 Å². The fourth-order valence-electron chi connectivity index (χ4n) is 3.95. The third-order valence-corrected chi connectivity index (χ3v) is 5.24. The summed E-state index contributed by atoms with van der Waals surface area (Å²) in [7, 11) is 0. The molecule has 0 bridgehead atoms. The number of hydrogen-bond acceptors (Lipinski definition) is 5. The standard InChI is InChI=1S/C19H19N5O3/c1-12-8-22-14(9-21-12)17(26)23-7-6-19(11-23)13-4-2-3-5-15(13)24(18(19)27)10-16(20)25/h2-5,8-9H,6-7,10-11H2,1H3,(H2,20,25). The lowest BCUT2D eigenvalue weighted by molar-refractivity contribution is -0.125. The van der Waals surface area contributed by atoms with E-state index < -0.39 is 11.3 Å². The number of carbonyl (C=O) groups is 3. The lowest BCUT2D eigenvalue weighted by Gasteiger charge is -2.24. The molecule has 1 saturated heterocycles. The van der Waals surface area contributed by atoms with Crippen LogP contribution in [0.1, 0.15) is 28.2 Å². The number of anilines is 1. The van der Waals surface area contributed by atoms with Crippen molar-refractivity contribution in [3.8, 4) is 0 Å². The number of aromatic nitrogens is 2. The minimum atomic E-state index is -0.847. The Hall–Kier alpha value is -3.29. The fraction of sp³-hybridized carbons (Fsp3) is 0.316. The molecule has 0 aliphatic carbocycles. The van der Waals surface area contributed by atoms with Gasteiger partial charge >= 0.3 is 0 Å². The van der Waals surface area contributed by atoms with Gasteiger partial charge in [0.15, 0.2) is 0 Å². The number of fused-ring (bicyclic) bond motifs is 2. The Balaban J connectivity index is 1.66. The Bertz CT molecular complexity index is 943. The monoisotopic (exact) mass is 365 g/mol. The molecule has 8 nitrogen and oxygen atoms in total. The Morgan fingerprint density at radius 3 is 2.70 bits per heavy atom. The molecule has 27 heavy (non-hydrogen) atoms. The number of para-hydroxylation sites is 1. The van der Waals surface area contributed by atoms with E-state index in [0.717, 1.165) is 11.3 Å². The van der Waals surface area contributed by atoms with Gasteiger partial charge in [-0.15, -0.1) is 0 Å². The zero-order valence-corrected chi connectivity index (χ0v) is 14.9. The largest absolute Gasteiger partial charge is 0.368 e. The molecule has 1 aromatic heterocycles. The van der Waals surface area contributed by atoms with Crippen LogP contribution in [0.3, 0.4) is 0 Å². The highest BCUT2D eigenvalue weighted by Gasteiger charge is 2.55. The van der Waals surface area contributed by atoms with E-state index in [2.05, 4.69) is 9.97 Å². The molecule has 1 atom stereocenters. The smallest absolute Gasteiger partial charge is 0.274 e. The molecular formula is C19H19N5O3. The quantitative estimate of drug-likeness (QED) is 0.847. The molecule has 8 heteroatoms. The third kappa shape index (κ3) is 2.64. The zero-order valence-electron chi connectivity index (χ0n) is 14.9. The van der Waals surface area contributed by atoms with Crippen molar-refractivity contribution in [2.24, 2.45) is 5.73 Å². The first-order chi connectivity index (χ1) is 12.9. The van der Waals surface area contributed by atoms with E-state index in [4.69, 9.17) is 5.73 Å². The van der Waals surface area contributed by atoms with Crippen molar-refractivity contribution in [2.75, 3.05) is 24.5 Å². The van der Waals surface area contributed by atoms with Crippen LogP contribution in [0.4, 0.5) is 5.69 Å². The van der Waals surface area contributed by atoms with Crippen LogP contribution in [0.5, 0.6) is 0 Å². The van der Waals surface area contributed by atoms with Gasteiger partial charge in [0, 0.05) is 25.0 Å². The van der Waals surface area contributed by atoms with Crippen LogP contribution in [0.25, 0.3) is 0 Å². The number of nitrogens with zero attached hydrogens (tertiary/aromatic N) is 4. The number of rotatable bonds is 3. The van der Waals surface area contributed by atoms with Crippen LogP contribution in [0.2, 0.25) is 0 Å². The molecular weight excluding hydrogens is 346 g/mol. The van der Waals surface area contributed by atoms with Crippen molar-refractivity contribution in [3.63, 3.8) is 0 Å². The summed E-state index contributed by atoms with van der Waals surface area (Å²) in [6.45, 7) is 2.30. The first-order valence-electron chi connectivity index (χ1n) is 8.70. The van der Waals surface area contributed by atoms with Gasteiger partial charge in [-0.3, -0.25) is 19.4 Å². The molecule has 1 fully saturated rings. The number of amides is 3. The van der Waals surface area contributed by atoms with E-state index in [1.165, 1.54) is 11.1 Å². The maximum atomic E-state index is 13.2. The molecule has 138 valence electrons. The van der Waals surface area contributed by atoms with E-state index in [-0.39, 0.29) is 30.6 Å². The molecule has 0 radical (unpaired) electrons. The summed E-state index contributed by atoms with van der Waals surface area (Å²) < 4.78 is 0. The summed E-state index contributed by atoms with van der Waals surface area (Å²) in [4.78, 5) is 48.8. The van der Waals surface area contributed by atoms with E-state index in [1.54, 1.807) is 24.1 Å². The van der Waals surface area contributed by atoms with Gasteiger partial charge in [-0.2, -0.15) is 0 Å². The van der Waals surface area contributed by atoms with Crippen LogP contribution in [-0.2, 0) is 15.0 Å². The van der Waals surface area contributed by atoms with E-state index >= 15 is 0 Å². The van der Waals surface area contributed by atoms with Crippen LogP contribution < -0.4 is 10.6 Å². The highest BCUT2D eigenvalue weighted by Crippen LogP contribution is 2.47. The minimum Gasteiger partial charge on any atom is -0.368 e. The van der Waals surface area contributed by atoms with E-state index in [0.29, 0.717) is 18.7 Å². The average molecular weight is 365 g/mol. The summed E-state index contributed by atoms with van der Waals surface area (Å²) in [6, 6.07) is 7.37. The number of hydrogen-bond donors (Lipinski definition) is 1. The van der Waals surface area contributed by atoms with Gasteiger partial charge in [-0.05, 0) is 25.0 Å². The molecule has 4 rings (SSSR count). The van der Waals surface area contributed by atoms with Crippen LogP contribution in [0.15, 0.2) is 36.7 Å². The second-order valence-corrected chi connectivity index (χ2v) is 6.98.